The van der Waals surface area contributed by atoms with E-state index < -0.39 is 0 Å². The van der Waals surface area contributed by atoms with Crippen molar-refractivity contribution in [3.8, 4) is 23.7 Å². The predicted molar refractivity (Wildman–Crippen MR) is 65.1 cm³/mol. The van der Waals surface area contributed by atoms with Crippen LogP contribution in [-0.2, 0) is 0 Å². The zero-order valence-electron chi connectivity index (χ0n) is 9.29. The van der Waals surface area contributed by atoms with Crippen LogP contribution in [0.5, 0.6) is 0 Å². The molecule has 0 rings (SSSR count). The second-order valence-corrected chi connectivity index (χ2v) is 2.99. The van der Waals surface area contributed by atoms with Gasteiger partial charge in [0.1, 0.15) is 0 Å². The first-order chi connectivity index (χ1) is 7.41. The molecule has 0 bridgehead atoms. The third-order valence-electron chi connectivity index (χ3n) is 1.65. The van der Waals surface area contributed by atoms with Crippen LogP contribution < -0.4 is 0 Å². The van der Waals surface area contributed by atoms with Gasteiger partial charge in [0, 0.05) is 6.42 Å². The summed E-state index contributed by atoms with van der Waals surface area (Å²) in [6, 6.07) is 0. The molecule has 0 unspecified atom stereocenters. The Bertz CT molecular complexity index is 302. The zero-order valence-corrected chi connectivity index (χ0v) is 9.29. The lowest BCUT2D eigenvalue weighted by Gasteiger charge is -1.86. The van der Waals surface area contributed by atoms with Crippen molar-refractivity contribution in [2.45, 2.75) is 32.6 Å². The van der Waals surface area contributed by atoms with Crippen LogP contribution in [0.3, 0.4) is 0 Å². The lowest BCUT2D eigenvalue weighted by Crippen LogP contribution is -1.70. The number of rotatable bonds is 4. The summed E-state index contributed by atoms with van der Waals surface area (Å²) < 4.78 is 0. The molecule has 0 saturated heterocycles. The van der Waals surface area contributed by atoms with Crippen LogP contribution in [0, 0.1) is 23.7 Å². The van der Waals surface area contributed by atoms with Crippen LogP contribution in [0.4, 0.5) is 0 Å². The molecule has 1 N–H and O–H groups in total. The largest absolute Gasteiger partial charge is 0.392 e. The van der Waals surface area contributed by atoms with Crippen LogP contribution in [0.15, 0.2) is 24.3 Å². The second-order valence-electron chi connectivity index (χ2n) is 2.99. The minimum atomic E-state index is 0.0373. The van der Waals surface area contributed by atoms with Gasteiger partial charge in [0.2, 0.25) is 0 Å². The number of allylic oxidation sites excluding steroid dienone is 3. The van der Waals surface area contributed by atoms with Gasteiger partial charge < -0.3 is 5.11 Å². The summed E-state index contributed by atoms with van der Waals surface area (Å²) in [5.74, 6) is 11.5. The van der Waals surface area contributed by atoms with Gasteiger partial charge in [0.25, 0.3) is 0 Å². The van der Waals surface area contributed by atoms with Crippen molar-refractivity contribution < 1.29 is 5.11 Å². The third kappa shape index (κ3) is 12.6. The second kappa shape index (κ2) is 12.6. The smallest absolute Gasteiger partial charge is 0.0621 e. The zero-order chi connectivity index (χ0) is 11.2. The average Bonchev–Trinajstić information content (AvgIpc) is 2.26. The molecule has 0 aliphatic carbocycles. The fourth-order valence-electron chi connectivity index (χ4n) is 0.886. The fraction of sp³-hybridized carbons (Fsp3) is 0.429. The van der Waals surface area contributed by atoms with Gasteiger partial charge in [-0.1, -0.05) is 49.5 Å². The van der Waals surface area contributed by atoms with Crippen LogP contribution in [0.25, 0.3) is 0 Å². The molecule has 1 nitrogen and oxygen atoms in total. The number of hydrogen-bond acceptors (Lipinski definition) is 1. The molecule has 0 aliphatic heterocycles. The van der Waals surface area contributed by atoms with E-state index in [0.717, 1.165) is 6.42 Å². The first-order valence-corrected chi connectivity index (χ1v) is 5.32. The Labute approximate surface area is 92.9 Å². The first kappa shape index (κ1) is 13.6. The summed E-state index contributed by atoms with van der Waals surface area (Å²) in [5.41, 5.74) is 0. The van der Waals surface area contributed by atoms with Gasteiger partial charge in [0.15, 0.2) is 0 Å². The monoisotopic (exact) mass is 202 g/mol. The Balaban J connectivity index is 3.58. The van der Waals surface area contributed by atoms with Crippen molar-refractivity contribution in [2.24, 2.45) is 0 Å². The molecule has 15 heavy (non-hydrogen) atoms. The molecule has 80 valence electrons. The predicted octanol–water partition coefficient (Wildman–Crippen LogP) is 2.68. The lowest BCUT2D eigenvalue weighted by atomic mass is 10.2. The van der Waals surface area contributed by atoms with Crippen LogP contribution in [0.2, 0.25) is 0 Å². The van der Waals surface area contributed by atoms with Gasteiger partial charge in [-0.2, -0.15) is 0 Å². The topological polar surface area (TPSA) is 20.2 Å². The van der Waals surface area contributed by atoms with Crippen molar-refractivity contribution in [2.75, 3.05) is 6.61 Å². The maximum absolute atomic E-state index is 8.41. The highest BCUT2D eigenvalue weighted by Crippen LogP contribution is 1.96. The highest BCUT2D eigenvalue weighted by molar-refractivity contribution is 5.28. The number of aliphatic hydroxyl groups is 1. The summed E-state index contributed by atoms with van der Waals surface area (Å²) >= 11 is 0. The average molecular weight is 202 g/mol. The van der Waals surface area contributed by atoms with Gasteiger partial charge in [-0.25, -0.2) is 0 Å². The number of unbranched alkanes of at least 4 members (excludes halogenated alkanes) is 3. The molecule has 0 aromatic heterocycles. The van der Waals surface area contributed by atoms with Crippen molar-refractivity contribution in [1.29, 1.82) is 0 Å². The minimum absolute atomic E-state index is 0.0373. The maximum atomic E-state index is 8.41. The Hall–Kier alpha value is -1.44. The van der Waals surface area contributed by atoms with Crippen molar-refractivity contribution >= 4 is 0 Å². The van der Waals surface area contributed by atoms with Crippen LogP contribution in [-0.4, -0.2) is 11.7 Å². The van der Waals surface area contributed by atoms with E-state index in [-0.39, 0.29) is 6.61 Å². The minimum Gasteiger partial charge on any atom is -0.392 e. The summed E-state index contributed by atoms with van der Waals surface area (Å²) in [5, 5.41) is 8.41. The fourth-order valence-corrected chi connectivity index (χ4v) is 0.886. The summed E-state index contributed by atoms with van der Waals surface area (Å²) in [6.45, 7) is 2.22. The normalized spacial score (nSPS) is 9.73. The van der Waals surface area contributed by atoms with E-state index in [1.807, 2.05) is 0 Å². The van der Waals surface area contributed by atoms with Crippen molar-refractivity contribution in [3.63, 3.8) is 0 Å². The van der Waals surface area contributed by atoms with E-state index in [0.29, 0.717) is 0 Å². The Morgan fingerprint density at radius 3 is 2.47 bits per heavy atom. The van der Waals surface area contributed by atoms with E-state index in [4.69, 9.17) is 5.11 Å². The van der Waals surface area contributed by atoms with Crippen LogP contribution >= 0.6 is 0 Å². The first-order valence-electron chi connectivity index (χ1n) is 5.32. The molecular weight excluding hydrogens is 184 g/mol. The summed E-state index contributed by atoms with van der Waals surface area (Å²) in [7, 11) is 0. The maximum Gasteiger partial charge on any atom is 0.0621 e. The molecule has 1 heteroatoms. The molecule has 0 amide bonds. The Morgan fingerprint density at radius 2 is 1.73 bits per heavy atom. The molecule has 0 radical (unpaired) electrons. The van der Waals surface area contributed by atoms with E-state index in [1.54, 1.807) is 24.3 Å². The molecule has 0 aromatic carbocycles. The van der Waals surface area contributed by atoms with Gasteiger partial charge >= 0.3 is 0 Å². The van der Waals surface area contributed by atoms with E-state index >= 15 is 0 Å². The van der Waals surface area contributed by atoms with Gasteiger partial charge in [-0.3, -0.25) is 0 Å². The van der Waals surface area contributed by atoms with E-state index in [9.17, 15) is 0 Å². The Kier molecular flexibility index (Phi) is 11.4. The Morgan fingerprint density at radius 1 is 1.00 bits per heavy atom. The SMILES string of the molecule is CCCCCC#C/C=C/C#C/C=C/CO. The standard InChI is InChI=1S/C14H18O/c1-2-3-4-5-6-7-8-9-10-11-12-13-14-15/h8-9,12-13,15H,2-5,14H2,1H3/b9-8+,13-12+. The molecular formula is C14H18O. The number of aliphatic hydroxyl groups excluding tert-OH is 1. The lowest BCUT2D eigenvalue weighted by molar-refractivity contribution is 0.343. The van der Waals surface area contributed by atoms with E-state index in [2.05, 4.69) is 30.6 Å². The van der Waals surface area contributed by atoms with Crippen molar-refractivity contribution in [3.05, 3.63) is 24.3 Å². The number of hydrogen-bond donors (Lipinski definition) is 1. The summed E-state index contributed by atoms with van der Waals surface area (Å²) in [6.07, 6.45) is 11.3. The van der Waals surface area contributed by atoms with Crippen molar-refractivity contribution in [1.82, 2.24) is 0 Å². The summed E-state index contributed by atoms with van der Waals surface area (Å²) in [4.78, 5) is 0. The van der Waals surface area contributed by atoms with Gasteiger partial charge in [-0.05, 0) is 24.6 Å². The molecule has 0 fully saturated rings. The molecule has 0 aliphatic rings. The van der Waals surface area contributed by atoms with Gasteiger partial charge in [-0.15, -0.1) is 0 Å². The molecule has 0 spiro atoms. The molecule has 0 saturated carbocycles. The molecule has 0 atom stereocenters. The van der Waals surface area contributed by atoms with Crippen LogP contribution in [0.1, 0.15) is 32.6 Å². The third-order valence-corrected chi connectivity index (χ3v) is 1.65. The highest BCUT2D eigenvalue weighted by Gasteiger charge is 1.79. The quantitative estimate of drug-likeness (QED) is 0.549. The molecule has 0 heterocycles. The molecule has 0 aromatic rings. The van der Waals surface area contributed by atoms with E-state index in [1.165, 1.54) is 19.3 Å². The van der Waals surface area contributed by atoms with Gasteiger partial charge in [0.05, 0.1) is 6.61 Å². The highest BCUT2D eigenvalue weighted by atomic mass is 16.2.